The van der Waals surface area contributed by atoms with Gasteiger partial charge in [0.25, 0.3) is 0 Å². The van der Waals surface area contributed by atoms with E-state index in [4.69, 9.17) is 0 Å². The van der Waals surface area contributed by atoms with Gasteiger partial charge in [-0.15, -0.1) is 0 Å². The Kier molecular flexibility index (Phi) is 3.32. The highest BCUT2D eigenvalue weighted by molar-refractivity contribution is 5.22. The smallest absolute Gasteiger partial charge is 0.223 e. The molecule has 0 bridgehead atoms. The molecule has 0 aliphatic carbocycles. The van der Waals surface area contributed by atoms with Crippen molar-refractivity contribution in [3.05, 3.63) is 64.1 Å². The molecule has 1 aromatic heterocycles. The standard InChI is InChI=1S/C16H18N2O2/c1-12-8-18-11-16(20)15(19)7-14(18)10-17(12)9-13-5-3-2-4-6-13/h2-7,11-12,20H,8-10H2,1H3. The van der Waals surface area contributed by atoms with Gasteiger partial charge in [-0.25, -0.2) is 0 Å². The molecule has 0 saturated carbocycles. The average Bonchev–Trinajstić information content (AvgIpc) is 2.43. The van der Waals surface area contributed by atoms with E-state index in [1.807, 2.05) is 22.8 Å². The van der Waals surface area contributed by atoms with Crippen LogP contribution in [-0.2, 0) is 19.6 Å². The molecule has 1 N–H and O–H groups in total. The highest BCUT2D eigenvalue weighted by Crippen LogP contribution is 2.20. The van der Waals surface area contributed by atoms with Crippen molar-refractivity contribution in [2.45, 2.75) is 32.6 Å². The van der Waals surface area contributed by atoms with E-state index < -0.39 is 0 Å². The summed E-state index contributed by atoms with van der Waals surface area (Å²) in [6.07, 6.45) is 1.55. The summed E-state index contributed by atoms with van der Waals surface area (Å²) in [6.45, 7) is 4.56. The summed E-state index contributed by atoms with van der Waals surface area (Å²) < 4.78 is 1.98. The van der Waals surface area contributed by atoms with Crippen LogP contribution in [0.5, 0.6) is 5.75 Å². The Hall–Kier alpha value is -2.07. The maximum absolute atomic E-state index is 11.6. The quantitative estimate of drug-likeness (QED) is 0.907. The van der Waals surface area contributed by atoms with Gasteiger partial charge in [0.2, 0.25) is 5.43 Å². The molecule has 1 aromatic carbocycles. The van der Waals surface area contributed by atoms with Gasteiger partial charge in [0.1, 0.15) is 0 Å². The number of benzene rings is 1. The minimum Gasteiger partial charge on any atom is -0.503 e. The minimum absolute atomic E-state index is 0.169. The number of aromatic nitrogens is 1. The Morgan fingerprint density at radius 2 is 2.05 bits per heavy atom. The highest BCUT2D eigenvalue weighted by atomic mass is 16.3. The molecule has 1 atom stereocenters. The van der Waals surface area contributed by atoms with Gasteiger partial charge in [-0.05, 0) is 12.5 Å². The van der Waals surface area contributed by atoms with Crippen LogP contribution in [0.3, 0.4) is 0 Å². The van der Waals surface area contributed by atoms with E-state index in [9.17, 15) is 9.90 Å². The van der Waals surface area contributed by atoms with Gasteiger partial charge in [-0.2, -0.15) is 0 Å². The van der Waals surface area contributed by atoms with Crippen LogP contribution in [0, 0.1) is 0 Å². The van der Waals surface area contributed by atoms with Crippen molar-refractivity contribution < 1.29 is 5.11 Å². The second kappa shape index (κ2) is 5.13. The zero-order chi connectivity index (χ0) is 14.1. The van der Waals surface area contributed by atoms with Crippen molar-refractivity contribution in [1.29, 1.82) is 0 Å². The van der Waals surface area contributed by atoms with Crippen LogP contribution in [-0.4, -0.2) is 20.6 Å². The first-order valence-corrected chi connectivity index (χ1v) is 6.84. The molecule has 1 aliphatic rings. The van der Waals surface area contributed by atoms with Gasteiger partial charge in [-0.1, -0.05) is 30.3 Å². The molecule has 2 heterocycles. The molecule has 1 aliphatic heterocycles. The maximum atomic E-state index is 11.6. The largest absolute Gasteiger partial charge is 0.503 e. The molecule has 104 valence electrons. The average molecular weight is 270 g/mol. The Labute approximate surface area is 117 Å². The fourth-order valence-corrected chi connectivity index (χ4v) is 2.70. The fourth-order valence-electron chi connectivity index (χ4n) is 2.70. The molecular weight excluding hydrogens is 252 g/mol. The molecule has 4 heteroatoms. The van der Waals surface area contributed by atoms with E-state index in [0.29, 0.717) is 6.04 Å². The fraction of sp³-hybridized carbons (Fsp3) is 0.312. The van der Waals surface area contributed by atoms with E-state index in [1.54, 1.807) is 12.3 Å². The third kappa shape index (κ3) is 2.47. The molecule has 1 unspecified atom stereocenters. The summed E-state index contributed by atoms with van der Waals surface area (Å²) in [5.74, 6) is -0.169. The predicted octanol–water partition coefficient (Wildman–Crippen LogP) is 1.96. The van der Waals surface area contributed by atoms with Crippen molar-refractivity contribution in [1.82, 2.24) is 9.47 Å². The Bertz CT molecular complexity index is 664. The van der Waals surface area contributed by atoms with Crippen LogP contribution in [0.2, 0.25) is 0 Å². The third-order valence-electron chi connectivity index (χ3n) is 3.88. The van der Waals surface area contributed by atoms with Crippen LogP contribution in [0.1, 0.15) is 18.2 Å². The second-order valence-electron chi connectivity index (χ2n) is 5.41. The monoisotopic (exact) mass is 270 g/mol. The number of hydrogen-bond acceptors (Lipinski definition) is 3. The van der Waals surface area contributed by atoms with Crippen LogP contribution < -0.4 is 5.43 Å². The first-order valence-electron chi connectivity index (χ1n) is 6.84. The van der Waals surface area contributed by atoms with Crippen LogP contribution in [0.25, 0.3) is 0 Å². The number of hydrogen-bond donors (Lipinski definition) is 1. The predicted molar refractivity (Wildman–Crippen MR) is 77.5 cm³/mol. The number of nitrogens with zero attached hydrogens (tertiary/aromatic N) is 2. The second-order valence-corrected chi connectivity index (χ2v) is 5.41. The van der Waals surface area contributed by atoms with Crippen molar-refractivity contribution in [2.75, 3.05) is 0 Å². The van der Waals surface area contributed by atoms with E-state index in [-0.39, 0.29) is 11.2 Å². The van der Waals surface area contributed by atoms with Crippen LogP contribution in [0.15, 0.2) is 47.4 Å². The van der Waals surface area contributed by atoms with E-state index in [0.717, 1.165) is 25.3 Å². The first kappa shape index (κ1) is 12.9. The minimum atomic E-state index is -0.300. The van der Waals surface area contributed by atoms with Crippen LogP contribution in [0.4, 0.5) is 0 Å². The van der Waals surface area contributed by atoms with E-state index >= 15 is 0 Å². The van der Waals surface area contributed by atoms with Crippen molar-refractivity contribution in [3.8, 4) is 5.75 Å². The Morgan fingerprint density at radius 1 is 1.30 bits per heavy atom. The lowest BCUT2D eigenvalue weighted by Crippen LogP contribution is -2.41. The molecule has 2 aromatic rings. The maximum Gasteiger partial charge on any atom is 0.223 e. The Balaban J connectivity index is 1.85. The van der Waals surface area contributed by atoms with Crippen molar-refractivity contribution in [2.24, 2.45) is 0 Å². The van der Waals surface area contributed by atoms with Gasteiger partial charge in [0, 0.05) is 37.4 Å². The summed E-state index contributed by atoms with van der Waals surface area (Å²) in [6, 6.07) is 12.2. The summed E-state index contributed by atoms with van der Waals surface area (Å²) in [7, 11) is 0. The molecular formula is C16H18N2O2. The highest BCUT2D eigenvalue weighted by Gasteiger charge is 2.22. The van der Waals surface area contributed by atoms with Crippen LogP contribution >= 0.6 is 0 Å². The van der Waals surface area contributed by atoms with Gasteiger partial charge in [0.15, 0.2) is 5.75 Å². The van der Waals surface area contributed by atoms with E-state index in [1.165, 1.54) is 5.56 Å². The third-order valence-corrected chi connectivity index (χ3v) is 3.88. The zero-order valence-corrected chi connectivity index (χ0v) is 11.5. The van der Waals surface area contributed by atoms with Crippen molar-refractivity contribution in [3.63, 3.8) is 0 Å². The lowest BCUT2D eigenvalue weighted by molar-refractivity contribution is 0.141. The molecule has 0 fully saturated rings. The van der Waals surface area contributed by atoms with Crippen molar-refractivity contribution >= 4 is 0 Å². The molecule has 0 spiro atoms. The summed E-state index contributed by atoms with van der Waals surface area (Å²) in [4.78, 5) is 13.9. The molecule has 20 heavy (non-hydrogen) atoms. The van der Waals surface area contributed by atoms with Gasteiger partial charge in [-0.3, -0.25) is 9.69 Å². The zero-order valence-electron chi connectivity index (χ0n) is 11.5. The number of fused-ring (bicyclic) bond motifs is 1. The summed E-state index contributed by atoms with van der Waals surface area (Å²) in [5, 5.41) is 9.52. The lowest BCUT2D eigenvalue weighted by Gasteiger charge is -2.36. The van der Waals surface area contributed by atoms with Gasteiger partial charge in [0.05, 0.1) is 6.20 Å². The number of aromatic hydroxyl groups is 1. The normalized spacial score (nSPS) is 18.8. The molecule has 0 amide bonds. The van der Waals surface area contributed by atoms with Gasteiger partial charge >= 0.3 is 0 Å². The van der Waals surface area contributed by atoms with E-state index in [2.05, 4.69) is 24.0 Å². The molecule has 0 saturated heterocycles. The first-order chi connectivity index (χ1) is 9.63. The molecule has 4 nitrogen and oxygen atoms in total. The lowest BCUT2D eigenvalue weighted by atomic mass is 10.1. The summed E-state index contributed by atoms with van der Waals surface area (Å²) >= 11 is 0. The number of rotatable bonds is 2. The number of pyridine rings is 1. The molecule has 0 radical (unpaired) electrons. The van der Waals surface area contributed by atoms with Gasteiger partial charge < -0.3 is 9.67 Å². The Morgan fingerprint density at radius 3 is 2.80 bits per heavy atom. The SMILES string of the molecule is CC1Cn2cc(O)c(=O)cc2CN1Cc1ccccc1. The topological polar surface area (TPSA) is 45.5 Å². The molecule has 3 rings (SSSR count). The summed E-state index contributed by atoms with van der Waals surface area (Å²) in [5.41, 5.74) is 1.93.